The lowest BCUT2D eigenvalue weighted by Gasteiger charge is -2.39. The molecule has 3 heterocycles. The molecule has 2 bridgehead atoms. The molecule has 1 N–H and O–H groups in total. The van der Waals surface area contributed by atoms with E-state index < -0.39 is 0 Å². The van der Waals surface area contributed by atoms with Gasteiger partial charge in [0.2, 0.25) is 0 Å². The van der Waals surface area contributed by atoms with E-state index in [1.165, 1.54) is 24.2 Å². The highest BCUT2D eigenvalue weighted by molar-refractivity contribution is 7.21. The molecule has 2 aliphatic rings. The van der Waals surface area contributed by atoms with Crippen LogP contribution in [-0.4, -0.2) is 21.3 Å². The quantitative estimate of drug-likeness (QED) is 0.729. The number of rotatable bonds is 2. The number of nitrogens with zero attached hydrogens (tertiary/aromatic N) is 2. The Labute approximate surface area is 148 Å². The molecule has 126 valence electrons. The van der Waals surface area contributed by atoms with Crippen molar-refractivity contribution < 1.29 is 4.79 Å². The van der Waals surface area contributed by atoms with Crippen LogP contribution in [-0.2, 0) is 0 Å². The van der Waals surface area contributed by atoms with E-state index in [1.807, 2.05) is 17.6 Å². The standard InChI is InChI=1S/C18H21N3OS2/c1-17(2)10-4-5-18(17,3)13(8-10)19-14(22)12-9-11-15(24-12)20-16-21(11)6-7-23-16/h6-7,9-10,13H,4-5,8H2,1-3H3,(H,19,22). The van der Waals surface area contributed by atoms with Crippen molar-refractivity contribution in [3.8, 4) is 0 Å². The second-order valence-electron chi connectivity index (χ2n) is 8.10. The van der Waals surface area contributed by atoms with Gasteiger partial charge in [0.25, 0.3) is 5.91 Å². The Kier molecular flexibility index (Phi) is 2.86. The van der Waals surface area contributed by atoms with Crippen LogP contribution < -0.4 is 5.32 Å². The van der Waals surface area contributed by atoms with Crippen LogP contribution in [0.3, 0.4) is 0 Å². The number of aromatic nitrogens is 2. The van der Waals surface area contributed by atoms with Gasteiger partial charge in [-0.3, -0.25) is 9.20 Å². The highest BCUT2D eigenvalue weighted by atomic mass is 32.1. The lowest BCUT2D eigenvalue weighted by molar-refractivity contribution is 0.0830. The molecule has 0 aromatic carbocycles. The van der Waals surface area contributed by atoms with E-state index in [2.05, 4.69) is 35.5 Å². The number of fused-ring (bicyclic) bond motifs is 5. The molecule has 0 aliphatic heterocycles. The van der Waals surface area contributed by atoms with Crippen LogP contribution in [0.15, 0.2) is 17.6 Å². The first kappa shape index (κ1) is 14.9. The maximum absolute atomic E-state index is 12.8. The summed E-state index contributed by atoms with van der Waals surface area (Å²) in [6.45, 7) is 7.12. The second-order valence-corrected chi connectivity index (χ2v) is 10.0. The van der Waals surface area contributed by atoms with E-state index in [1.54, 1.807) is 11.3 Å². The zero-order valence-electron chi connectivity index (χ0n) is 14.1. The summed E-state index contributed by atoms with van der Waals surface area (Å²) in [5, 5.41) is 5.38. The van der Waals surface area contributed by atoms with Crippen molar-refractivity contribution >= 4 is 43.9 Å². The maximum atomic E-state index is 12.8. The fourth-order valence-electron chi connectivity index (χ4n) is 5.01. The van der Waals surface area contributed by atoms with Crippen molar-refractivity contribution in [3.05, 3.63) is 22.5 Å². The van der Waals surface area contributed by atoms with Crippen LogP contribution in [0.1, 0.15) is 49.7 Å². The van der Waals surface area contributed by atoms with Crippen molar-refractivity contribution in [1.29, 1.82) is 0 Å². The molecule has 2 saturated carbocycles. The van der Waals surface area contributed by atoms with Crippen molar-refractivity contribution in [1.82, 2.24) is 14.7 Å². The second kappa shape index (κ2) is 4.61. The number of hydrogen-bond donors (Lipinski definition) is 1. The van der Waals surface area contributed by atoms with Gasteiger partial charge in [0.05, 0.1) is 10.4 Å². The fourth-order valence-corrected chi connectivity index (χ4v) is 6.71. The van der Waals surface area contributed by atoms with E-state index in [-0.39, 0.29) is 17.4 Å². The number of nitrogens with one attached hydrogen (secondary N) is 1. The third kappa shape index (κ3) is 1.73. The zero-order chi connectivity index (χ0) is 16.7. The highest BCUT2D eigenvalue weighted by Gasteiger charge is 2.61. The van der Waals surface area contributed by atoms with Crippen LogP contribution in [0, 0.1) is 16.7 Å². The van der Waals surface area contributed by atoms with Gasteiger partial charge in [-0.2, -0.15) is 0 Å². The van der Waals surface area contributed by atoms with E-state index in [0.29, 0.717) is 5.41 Å². The molecule has 2 aliphatic carbocycles. The summed E-state index contributed by atoms with van der Waals surface area (Å²) in [4.78, 5) is 20.2. The molecule has 0 saturated heterocycles. The van der Waals surface area contributed by atoms with Crippen LogP contribution in [0.5, 0.6) is 0 Å². The molecule has 5 rings (SSSR count). The minimum Gasteiger partial charge on any atom is -0.348 e. The Hall–Kier alpha value is -1.40. The lowest BCUT2D eigenvalue weighted by Crippen LogP contribution is -2.46. The summed E-state index contributed by atoms with van der Waals surface area (Å²) in [6, 6.07) is 2.28. The molecule has 3 atom stereocenters. The Bertz CT molecular complexity index is 966. The predicted octanol–water partition coefficient (Wildman–Crippen LogP) is 4.56. The lowest BCUT2D eigenvalue weighted by atomic mass is 9.69. The maximum Gasteiger partial charge on any atom is 0.261 e. The molecular weight excluding hydrogens is 338 g/mol. The van der Waals surface area contributed by atoms with Gasteiger partial charge in [0.15, 0.2) is 4.96 Å². The third-order valence-electron chi connectivity index (χ3n) is 7.06. The Morgan fingerprint density at radius 1 is 1.42 bits per heavy atom. The first-order chi connectivity index (χ1) is 11.4. The first-order valence-corrected chi connectivity index (χ1v) is 10.3. The molecule has 6 heteroatoms. The summed E-state index contributed by atoms with van der Waals surface area (Å²) in [5.41, 5.74) is 1.58. The highest BCUT2D eigenvalue weighted by Crippen LogP contribution is 2.65. The minimum absolute atomic E-state index is 0.0663. The molecule has 0 spiro atoms. The number of hydrogen-bond acceptors (Lipinski definition) is 4. The Morgan fingerprint density at radius 3 is 2.96 bits per heavy atom. The SMILES string of the molecule is CC1(C)C2CCC1(C)C(NC(=O)c1cc3c(nc4sccn43)s1)C2. The van der Waals surface area contributed by atoms with Crippen LogP contribution in [0.2, 0.25) is 0 Å². The third-order valence-corrected chi connectivity index (χ3v) is 8.84. The van der Waals surface area contributed by atoms with Gasteiger partial charge in [-0.15, -0.1) is 22.7 Å². The zero-order valence-corrected chi connectivity index (χ0v) is 15.8. The number of thiazole rings is 1. The number of carbonyl (C=O) groups excluding carboxylic acids is 1. The minimum atomic E-state index is 0.0663. The van der Waals surface area contributed by atoms with Gasteiger partial charge >= 0.3 is 0 Å². The van der Waals surface area contributed by atoms with Crippen LogP contribution in [0.25, 0.3) is 15.3 Å². The molecule has 3 unspecified atom stereocenters. The molecule has 0 radical (unpaired) electrons. The molecule has 2 fully saturated rings. The molecule has 4 nitrogen and oxygen atoms in total. The number of imidazole rings is 1. The summed E-state index contributed by atoms with van der Waals surface area (Å²) in [7, 11) is 0. The number of thiophene rings is 1. The van der Waals surface area contributed by atoms with Gasteiger partial charge in [-0.05, 0) is 42.1 Å². The predicted molar refractivity (Wildman–Crippen MR) is 98.9 cm³/mol. The van der Waals surface area contributed by atoms with Crippen molar-refractivity contribution in [2.24, 2.45) is 16.7 Å². The fraction of sp³-hybridized carbons (Fsp3) is 0.556. The molecule has 3 aromatic heterocycles. The van der Waals surface area contributed by atoms with E-state index in [4.69, 9.17) is 0 Å². The van der Waals surface area contributed by atoms with Gasteiger partial charge in [0, 0.05) is 17.6 Å². The molecule has 24 heavy (non-hydrogen) atoms. The van der Waals surface area contributed by atoms with E-state index >= 15 is 0 Å². The number of amides is 1. The summed E-state index contributed by atoms with van der Waals surface area (Å²) < 4.78 is 2.06. The first-order valence-electron chi connectivity index (χ1n) is 8.56. The van der Waals surface area contributed by atoms with Crippen LogP contribution in [0.4, 0.5) is 0 Å². The van der Waals surface area contributed by atoms with Crippen molar-refractivity contribution in [2.45, 2.75) is 46.1 Å². The average Bonchev–Trinajstić information content (AvgIpc) is 3.25. The topological polar surface area (TPSA) is 46.4 Å². The van der Waals surface area contributed by atoms with E-state index in [0.717, 1.165) is 32.5 Å². The normalized spacial score (nSPS) is 31.3. The Balaban J connectivity index is 1.44. The summed E-state index contributed by atoms with van der Waals surface area (Å²) in [5.74, 6) is 0.802. The van der Waals surface area contributed by atoms with Crippen molar-refractivity contribution in [2.75, 3.05) is 0 Å². The summed E-state index contributed by atoms with van der Waals surface area (Å²) in [6.07, 6.45) is 5.66. The van der Waals surface area contributed by atoms with E-state index in [9.17, 15) is 4.79 Å². The largest absolute Gasteiger partial charge is 0.348 e. The molecular formula is C18H21N3OS2. The molecule has 3 aromatic rings. The van der Waals surface area contributed by atoms with Gasteiger partial charge in [-0.25, -0.2) is 4.98 Å². The monoisotopic (exact) mass is 359 g/mol. The van der Waals surface area contributed by atoms with Gasteiger partial charge in [-0.1, -0.05) is 20.8 Å². The smallest absolute Gasteiger partial charge is 0.261 e. The number of carbonyl (C=O) groups is 1. The average molecular weight is 360 g/mol. The summed E-state index contributed by atoms with van der Waals surface area (Å²) >= 11 is 3.12. The van der Waals surface area contributed by atoms with Crippen LogP contribution >= 0.6 is 22.7 Å². The Morgan fingerprint density at radius 2 is 2.25 bits per heavy atom. The molecule has 1 amide bonds. The van der Waals surface area contributed by atoms with Gasteiger partial charge in [0.1, 0.15) is 4.83 Å². The van der Waals surface area contributed by atoms with Gasteiger partial charge < -0.3 is 5.32 Å². The van der Waals surface area contributed by atoms with Crippen molar-refractivity contribution in [3.63, 3.8) is 0 Å².